The monoisotopic (exact) mass is 603 g/mol. The number of nitrogens with two attached hydrogens (primary N) is 1. The van der Waals surface area contributed by atoms with Crippen LogP contribution >= 0.6 is 23.5 Å². The Morgan fingerprint density at radius 1 is 0.805 bits per heavy atom. The van der Waals surface area contributed by atoms with Crippen molar-refractivity contribution < 1.29 is 36.3 Å². The third kappa shape index (κ3) is 10.7. The van der Waals surface area contributed by atoms with Gasteiger partial charge in [0.15, 0.2) is 0 Å². The number of hydrazine groups is 1. The molecule has 1 amide bonds. The average Bonchev–Trinajstić information content (AvgIpc) is 2.97. The van der Waals surface area contributed by atoms with Crippen molar-refractivity contribution in [3.05, 3.63) is 107 Å². The molecule has 0 saturated carbocycles. The quantitative estimate of drug-likeness (QED) is 0.0811. The molecule has 1 aliphatic rings. The molecule has 3 N–H and O–H groups in total. The number of nitrogens with one attached hydrogen (secondary N) is 1. The Morgan fingerprint density at radius 3 is 1.90 bits per heavy atom. The molecule has 0 bridgehead atoms. The number of fused-ring (bicyclic) bond motifs is 2. The van der Waals surface area contributed by atoms with Crippen LogP contribution in [0.2, 0.25) is 0 Å². The van der Waals surface area contributed by atoms with Crippen molar-refractivity contribution in [1.82, 2.24) is 5.43 Å². The molecule has 1 heterocycles. The number of unbranched alkanes of at least 4 members (excludes halogenated alkanes) is 2. The SMILES string of the molecule is O=S(=O)=O.[CH2-]CCSC(SCCCCCC(=O)NN)=C1c2ccccc2N(Cc2ccccc2)c2ccccc21.[Li+]. The van der Waals surface area contributed by atoms with Gasteiger partial charge in [0, 0.05) is 45.3 Å². The largest absolute Gasteiger partial charge is 1.00 e. The maximum absolute atomic E-state index is 11.4. The molecule has 3 aromatic carbocycles. The number of carbonyl (C=O) groups excluding carboxylic acids is 1. The fourth-order valence-electron chi connectivity index (χ4n) is 4.42. The van der Waals surface area contributed by atoms with Gasteiger partial charge in [-0.25, -0.2) is 5.84 Å². The fraction of sp³-hybridized carbons (Fsp3) is 0.267. The number of benzene rings is 3. The van der Waals surface area contributed by atoms with Crippen molar-refractivity contribution in [3.8, 4) is 0 Å². The second-order valence-electron chi connectivity index (χ2n) is 8.90. The molecule has 0 unspecified atom stereocenters. The normalized spacial score (nSPS) is 11.3. The van der Waals surface area contributed by atoms with E-state index in [0.717, 1.165) is 43.7 Å². The molecule has 0 aromatic heterocycles. The van der Waals surface area contributed by atoms with Crippen LogP contribution in [0.4, 0.5) is 11.4 Å². The van der Waals surface area contributed by atoms with E-state index in [9.17, 15) is 4.79 Å². The minimum absolute atomic E-state index is 0. The molecule has 41 heavy (non-hydrogen) atoms. The van der Waals surface area contributed by atoms with Crippen LogP contribution in [0.3, 0.4) is 0 Å². The third-order valence-electron chi connectivity index (χ3n) is 6.14. The molecule has 4 rings (SSSR count). The Bertz CT molecular complexity index is 1350. The van der Waals surface area contributed by atoms with Gasteiger partial charge in [-0.05, 0) is 42.0 Å². The molecule has 0 saturated heterocycles. The molecule has 0 atom stereocenters. The van der Waals surface area contributed by atoms with Crippen LogP contribution in [-0.2, 0) is 21.9 Å². The molecule has 0 radical (unpaired) electrons. The van der Waals surface area contributed by atoms with Gasteiger partial charge >= 0.3 is 29.5 Å². The predicted octanol–water partition coefficient (Wildman–Crippen LogP) is 3.30. The van der Waals surface area contributed by atoms with Crippen molar-refractivity contribution in [2.24, 2.45) is 5.84 Å². The van der Waals surface area contributed by atoms with Gasteiger partial charge in [0.1, 0.15) is 0 Å². The van der Waals surface area contributed by atoms with Gasteiger partial charge in [-0.1, -0.05) is 73.2 Å². The average molecular weight is 604 g/mol. The number of thioether (sulfide) groups is 2. The van der Waals surface area contributed by atoms with Gasteiger partial charge in [0.2, 0.25) is 5.91 Å². The first-order valence-corrected chi connectivity index (χ1v) is 16.0. The van der Waals surface area contributed by atoms with Crippen LogP contribution < -0.4 is 35.0 Å². The number of anilines is 2. The summed E-state index contributed by atoms with van der Waals surface area (Å²) in [6.07, 6.45) is 4.32. The van der Waals surface area contributed by atoms with E-state index in [1.165, 1.54) is 37.9 Å². The van der Waals surface area contributed by atoms with Gasteiger partial charge in [-0.15, -0.1) is 36.2 Å². The summed E-state index contributed by atoms with van der Waals surface area (Å²) in [7, 11) is -3.11. The summed E-state index contributed by atoms with van der Waals surface area (Å²) in [5.41, 5.74) is 9.89. The zero-order valence-corrected chi connectivity index (χ0v) is 25.7. The third-order valence-corrected chi connectivity index (χ3v) is 8.76. The Morgan fingerprint density at radius 2 is 1.34 bits per heavy atom. The first kappa shape index (κ1) is 34.7. The molecule has 11 heteroatoms. The maximum atomic E-state index is 11.4. The molecule has 0 fully saturated rings. The summed E-state index contributed by atoms with van der Waals surface area (Å²) < 4.78 is 26.7. The number of amides is 1. The molecular formula is C30H34LiN3O4S3. The van der Waals surface area contributed by atoms with Crippen molar-refractivity contribution in [3.63, 3.8) is 0 Å². The number of para-hydroxylation sites is 2. The van der Waals surface area contributed by atoms with E-state index in [2.05, 4.69) is 96.1 Å². The van der Waals surface area contributed by atoms with E-state index in [-0.39, 0.29) is 24.8 Å². The van der Waals surface area contributed by atoms with Gasteiger partial charge in [0.25, 0.3) is 0 Å². The number of rotatable bonds is 12. The Hall–Kier alpha value is -2.45. The second-order valence-corrected chi connectivity index (χ2v) is 11.8. The molecule has 212 valence electrons. The van der Waals surface area contributed by atoms with Crippen LogP contribution in [0.5, 0.6) is 0 Å². The Balaban J connectivity index is 0.00000110. The molecule has 3 aromatic rings. The Kier molecular flexibility index (Phi) is 16.0. The summed E-state index contributed by atoms with van der Waals surface area (Å²) >= 11 is 3.85. The zero-order chi connectivity index (χ0) is 28.7. The number of nitrogens with zero attached hydrogens (tertiary/aromatic N) is 1. The topological polar surface area (TPSA) is 110 Å². The van der Waals surface area contributed by atoms with Crippen molar-refractivity contribution in [1.29, 1.82) is 0 Å². The summed E-state index contributed by atoms with van der Waals surface area (Å²) in [6.45, 7) is 4.91. The molecule has 1 aliphatic heterocycles. The minimum Gasteiger partial charge on any atom is -0.343 e. The first-order chi connectivity index (χ1) is 19.5. The summed E-state index contributed by atoms with van der Waals surface area (Å²) in [5, 5.41) is 0. The molecule has 0 aliphatic carbocycles. The van der Waals surface area contributed by atoms with E-state index in [4.69, 9.17) is 18.5 Å². The smallest absolute Gasteiger partial charge is 0.343 e. The zero-order valence-electron chi connectivity index (χ0n) is 23.3. The van der Waals surface area contributed by atoms with E-state index in [0.29, 0.717) is 6.42 Å². The van der Waals surface area contributed by atoms with Crippen molar-refractivity contribution in [2.45, 2.75) is 38.6 Å². The van der Waals surface area contributed by atoms with E-state index >= 15 is 0 Å². The van der Waals surface area contributed by atoms with Crippen molar-refractivity contribution in [2.75, 3.05) is 16.4 Å². The van der Waals surface area contributed by atoms with Crippen LogP contribution in [-0.4, -0.2) is 30.0 Å². The van der Waals surface area contributed by atoms with Gasteiger partial charge in [-0.2, -0.15) is 6.42 Å². The molecular weight excluding hydrogens is 569 g/mol. The Labute approximate surface area is 265 Å². The summed E-state index contributed by atoms with van der Waals surface area (Å²) in [5.74, 6) is 7.11. The van der Waals surface area contributed by atoms with Gasteiger partial charge in [0.05, 0.1) is 0 Å². The standard InChI is InChI=1S/C30H34N3OS2.Li.O3S/c1-2-20-35-30(36-21-12-4-7-19-28(34)32-31)29-24-15-8-10-17-26(24)33(22-23-13-5-3-6-14-23)27-18-11-9-16-25(27)29;;1-4(2)3/h3,5-6,8-11,13-18H,1-2,4,7,12,19-22,31H2,(H,32,34);;/q-1;+1;. The predicted molar refractivity (Wildman–Crippen MR) is 167 cm³/mol. The van der Waals surface area contributed by atoms with Crippen LogP contribution in [0.15, 0.2) is 83.1 Å². The molecule has 7 nitrogen and oxygen atoms in total. The van der Waals surface area contributed by atoms with E-state index in [1.54, 1.807) is 0 Å². The van der Waals surface area contributed by atoms with Gasteiger partial charge < -0.3 is 11.8 Å². The van der Waals surface area contributed by atoms with Crippen molar-refractivity contribution >= 4 is 57.0 Å². The molecule has 0 spiro atoms. The second kappa shape index (κ2) is 18.9. The summed E-state index contributed by atoms with van der Waals surface area (Å²) in [4.78, 5) is 13.8. The number of carbonyl (C=O) groups is 1. The van der Waals surface area contributed by atoms with Crippen LogP contribution in [0.1, 0.15) is 48.8 Å². The van der Waals surface area contributed by atoms with E-state index in [1.807, 2.05) is 23.5 Å². The minimum atomic E-state index is -3.11. The van der Waals surface area contributed by atoms with Crippen LogP contribution in [0, 0.1) is 6.92 Å². The number of hydrogen-bond donors (Lipinski definition) is 2. The fourth-order valence-corrected chi connectivity index (χ4v) is 6.85. The first-order valence-electron chi connectivity index (χ1n) is 13.0. The van der Waals surface area contributed by atoms with Crippen LogP contribution in [0.25, 0.3) is 5.57 Å². The number of hydrogen-bond acceptors (Lipinski definition) is 8. The van der Waals surface area contributed by atoms with E-state index < -0.39 is 10.6 Å². The van der Waals surface area contributed by atoms with Gasteiger partial charge in [-0.3, -0.25) is 10.2 Å². The maximum Gasteiger partial charge on any atom is 1.00 e. The summed E-state index contributed by atoms with van der Waals surface area (Å²) in [6, 6.07) is 28.2.